The zero-order valence-electron chi connectivity index (χ0n) is 13.8. The van der Waals surface area contributed by atoms with Gasteiger partial charge in [0.1, 0.15) is 0 Å². The standard InChI is InChI=1S/C15H11N7O5/c1-20-14(17-18-19-20)9-2-4-11(5-3-9)16-15(23)10-6-12(21(24)25)8-13(7-10)22(26)27/h2-8H,1H3,(H,16,23). The minimum Gasteiger partial charge on any atom is -0.322 e. The first-order chi connectivity index (χ1) is 12.8. The summed E-state index contributed by atoms with van der Waals surface area (Å²) in [6, 6.07) is 9.28. The monoisotopic (exact) mass is 369 g/mol. The van der Waals surface area contributed by atoms with Crippen LogP contribution in [0.5, 0.6) is 0 Å². The molecule has 0 bridgehead atoms. The van der Waals surface area contributed by atoms with Crippen LogP contribution in [-0.2, 0) is 7.05 Å². The molecule has 3 aromatic rings. The Morgan fingerprint density at radius 2 is 1.63 bits per heavy atom. The Bertz CT molecular complexity index is 1010. The number of nitrogens with zero attached hydrogens (tertiary/aromatic N) is 6. The van der Waals surface area contributed by atoms with Crippen molar-refractivity contribution in [2.75, 3.05) is 5.32 Å². The minimum atomic E-state index is -0.798. The predicted octanol–water partition coefficient (Wildman–Crippen LogP) is 1.95. The third-order valence-corrected chi connectivity index (χ3v) is 3.61. The first kappa shape index (κ1) is 17.6. The van der Waals surface area contributed by atoms with Crippen molar-refractivity contribution in [3.8, 4) is 11.4 Å². The third kappa shape index (κ3) is 3.73. The number of benzene rings is 2. The van der Waals surface area contributed by atoms with Crippen LogP contribution in [0.3, 0.4) is 0 Å². The van der Waals surface area contributed by atoms with Gasteiger partial charge in [0.15, 0.2) is 5.82 Å². The van der Waals surface area contributed by atoms with E-state index in [9.17, 15) is 25.0 Å². The number of aromatic nitrogens is 4. The van der Waals surface area contributed by atoms with Gasteiger partial charge in [0.25, 0.3) is 17.3 Å². The molecule has 1 heterocycles. The van der Waals surface area contributed by atoms with Gasteiger partial charge in [-0.25, -0.2) is 4.68 Å². The molecule has 0 aliphatic heterocycles. The lowest BCUT2D eigenvalue weighted by Crippen LogP contribution is -2.12. The number of carbonyl (C=O) groups excluding carboxylic acids is 1. The van der Waals surface area contributed by atoms with Gasteiger partial charge in [0.05, 0.1) is 21.5 Å². The van der Waals surface area contributed by atoms with Gasteiger partial charge in [-0.2, -0.15) is 0 Å². The number of rotatable bonds is 5. The van der Waals surface area contributed by atoms with E-state index < -0.39 is 27.1 Å². The molecule has 1 N–H and O–H groups in total. The molecule has 0 unspecified atom stereocenters. The van der Waals surface area contributed by atoms with Gasteiger partial charge < -0.3 is 5.32 Å². The quantitative estimate of drug-likeness (QED) is 0.527. The maximum atomic E-state index is 12.3. The Hall–Kier alpha value is -4.22. The van der Waals surface area contributed by atoms with Gasteiger partial charge in [0.2, 0.25) is 0 Å². The molecule has 0 saturated carbocycles. The summed E-state index contributed by atoms with van der Waals surface area (Å²) in [5.74, 6) is -0.183. The number of hydrogen-bond acceptors (Lipinski definition) is 8. The Balaban J connectivity index is 1.84. The number of tetrazole rings is 1. The second-order valence-electron chi connectivity index (χ2n) is 5.41. The fourth-order valence-electron chi connectivity index (χ4n) is 2.32. The van der Waals surface area contributed by atoms with E-state index in [1.165, 1.54) is 4.68 Å². The molecular weight excluding hydrogens is 358 g/mol. The fraction of sp³-hybridized carbons (Fsp3) is 0.0667. The normalized spacial score (nSPS) is 10.4. The van der Waals surface area contributed by atoms with Crippen LogP contribution < -0.4 is 5.32 Å². The summed E-state index contributed by atoms with van der Waals surface area (Å²) in [6.07, 6.45) is 0. The van der Waals surface area contributed by atoms with Crippen molar-refractivity contribution in [2.24, 2.45) is 7.05 Å². The Morgan fingerprint density at radius 3 is 2.11 bits per heavy atom. The molecule has 12 nitrogen and oxygen atoms in total. The highest BCUT2D eigenvalue weighted by Gasteiger charge is 2.20. The SMILES string of the molecule is Cn1nnnc1-c1ccc(NC(=O)c2cc([N+](=O)[O-])cc([N+](=O)[O-])c2)cc1. The van der Waals surface area contributed by atoms with Crippen LogP contribution in [0.15, 0.2) is 42.5 Å². The Kier molecular flexibility index (Phi) is 4.53. The van der Waals surface area contributed by atoms with Gasteiger partial charge in [-0.1, -0.05) is 0 Å². The Labute approximate surface area is 150 Å². The van der Waals surface area contributed by atoms with Crippen molar-refractivity contribution in [3.63, 3.8) is 0 Å². The van der Waals surface area contributed by atoms with E-state index in [2.05, 4.69) is 20.8 Å². The molecule has 2 aromatic carbocycles. The number of nitrogens with one attached hydrogen (secondary N) is 1. The molecule has 136 valence electrons. The van der Waals surface area contributed by atoms with E-state index in [1.807, 2.05) is 0 Å². The summed E-state index contributed by atoms with van der Waals surface area (Å²) in [5.41, 5.74) is -0.170. The predicted molar refractivity (Wildman–Crippen MR) is 91.9 cm³/mol. The highest BCUT2D eigenvalue weighted by molar-refractivity contribution is 6.05. The van der Waals surface area contributed by atoms with E-state index in [4.69, 9.17) is 0 Å². The molecule has 27 heavy (non-hydrogen) atoms. The van der Waals surface area contributed by atoms with Crippen molar-refractivity contribution in [1.29, 1.82) is 0 Å². The molecule has 3 rings (SSSR count). The lowest BCUT2D eigenvalue weighted by Gasteiger charge is -2.06. The molecular formula is C15H11N7O5. The van der Waals surface area contributed by atoms with Crippen LogP contribution in [0.25, 0.3) is 11.4 Å². The van der Waals surface area contributed by atoms with Crippen LogP contribution in [-0.4, -0.2) is 36.0 Å². The number of anilines is 1. The van der Waals surface area contributed by atoms with Gasteiger partial charge >= 0.3 is 0 Å². The van der Waals surface area contributed by atoms with Crippen molar-refractivity contribution < 1.29 is 14.6 Å². The van der Waals surface area contributed by atoms with E-state index >= 15 is 0 Å². The summed E-state index contributed by atoms with van der Waals surface area (Å²) in [4.78, 5) is 32.6. The lowest BCUT2D eigenvalue weighted by molar-refractivity contribution is -0.394. The summed E-state index contributed by atoms with van der Waals surface area (Å²) >= 11 is 0. The molecule has 1 amide bonds. The molecule has 0 atom stereocenters. The number of carbonyl (C=O) groups is 1. The van der Waals surface area contributed by atoms with Crippen LogP contribution in [0, 0.1) is 20.2 Å². The summed E-state index contributed by atoms with van der Waals surface area (Å²) < 4.78 is 1.48. The number of aryl methyl sites for hydroxylation is 1. The average molecular weight is 369 g/mol. The Morgan fingerprint density at radius 1 is 1.04 bits per heavy atom. The maximum Gasteiger partial charge on any atom is 0.277 e. The number of nitro groups is 2. The van der Waals surface area contributed by atoms with Gasteiger partial charge in [-0.15, -0.1) is 5.10 Å². The topological polar surface area (TPSA) is 159 Å². The summed E-state index contributed by atoms with van der Waals surface area (Å²) in [6.45, 7) is 0. The molecule has 0 fully saturated rings. The molecule has 0 aliphatic rings. The van der Waals surface area contributed by atoms with Crippen molar-refractivity contribution in [2.45, 2.75) is 0 Å². The molecule has 0 spiro atoms. The van der Waals surface area contributed by atoms with E-state index in [1.54, 1.807) is 31.3 Å². The smallest absolute Gasteiger partial charge is 0.277 e. The van der Waals surface area contributed by atoms with Crippen molar-refractivity contribution in [1.82, 2.24) is 20.2 Å². The molecule has 0 radical (unpaired) electrons. The van der Waals surface area contributed by atoms with E-state index in [0.717, 1.165) is 18.2 Å². The van der Waals surface area contributed by atoms with Crippen molar-refractivity contribution >= 4 is 23.0 Å². The van der Waals surface area contributed by atoms with Gasteiger partial charge in [0, 0.05) is 30.4 Å². The number of amides is 1. The number of nitro benzene ring substituents is 2. The van der Waals surface area contributed by atoms with Gasteiger partial charge in [-0.05, 0) is 34.7 Å². The summed E-state index contributed by atoms with van der Waals surface area (Å²) in [5, 5.41) is 35.5. The third-order valence-electron chi connectivity index (χ3n) is 3.61. The molecule has 0 saturated heterocycles. The maximum absolute atomic E-state index is 12.3. The zero-order valence-corrected chi connectivity index (χ0v) is 13.8. The number of hydrogen-bond donors (Lipinski definition) is 1. The molecule has 1 aromatic heterocycles. The van der Waals surface area contributed by atoms with E-state index in [0.29, 0.717) is 17.1 Å². The van der Waals surface area contributed by atoms with Crippen LogP contribution >= 0.6 is 0 Å². The van der Waals surface area contributed by atoms with Crippen LogP contribution in [0.2, 0.25) is 0 Å². The lowest BCUT2D eigenvalue weighted by atomic mass is 10.1. The summed E-state index contributed by atoms with van der Waals surface area (Å²) in [7, 11) is 1.68. The van der Waals surface area contributed by atoms with Crippen molar-refractivity contribution in [3.05, 3.63) is 68.3 Å². The number of non-ortho nitro benzene ring substituents is 2. The highest BCUT2D eigenvalue weighted by Crippen LogP contribution is 2.24. The van der Waals surface area contributed by atoms with Crippen LogP contribution in [0.1, 0.15) is 10.4 Å². The molecule has 0 aliphatic carbocycles. The van der Waals surface area contributed by atoms with Gasteiger partial charge in [-0.3, -0.25) is 25.0 Å². The average Bonchev–Trinajstić information content (AvgIpc) is 3.07. The first-order valence-electron chi connectivity index (χ1n) is 7.43. The highest BCUT2D eigenvalue weighted by atomic mass is 16.6. The minimum absolute atomic E-state index is 0.197. The second-order valence-corrected chi connectivity index (χ2v) is 5.41. The van der Waals surface area contributed by atoms with Crippen LogP contribution in [0.4, 0.5) is 17.1 Å². The van der Waals surface area contributed by atoms with E-state index in [-0.39, 0.29) is 5.56 Å². The fourth-order valence-corrected chi connectivity index (χ4v) is 2.32. The molecule has 12 heteroatoms. The second kappa shape index (κ2) is 6.95. The zero-order chi connectivity index (χ0) is 19.6. The first-order valence-corrected chi connectivity index (χ1v) is 7.43. The largest absolute Gasteiger partial charge is 0.322 e.